The third-order valence-corrected chi connectivity index (χ3v) is 4.24. The molecule has 1 heterocycles. The Bertz CT molecular complexity index is 442. The average molecular weight is 325 g/mol. The van der Waals surface area contributed by atoms with E-state index in [9.17, 15) is 4.79 Å². The summed E-state index contributed by atoms with van der Waals surface area (Å²) in [5, 5.41) is 3.34. The third-order valence-electron chi connectivity index (χ3n) is 3.50. The van der Waals surface area contributed by atoms with Gasteiger partial charge in [0.1, 0.15) is 0 Å². The average Bonchev–Trinajstić information content (AvgIpc) is 2.90. The maximum Gasteiger partial charge on any atom is 0.223 e. The van der Waals surface area contributed by atoms with Gasteiger partial charge in [-0.15, -0.1) is 0 Å². The molecule has 0 spiro atoms. The Labute approximate surface area is 123 Å². The summed E-state index contributed by atoms with van der Waals surface area (Å²) in [7, 11) is 0. The molecule has 1 amide bonds. The number of amides is 1. The van der Waals surface area contributed by atoms with Crippen LogP contribution in [0, 0.1) is 6.92 Å². The lowest BCUT2D eigenvalue weighted by atomic mass is 10.1. The van der Waals surface area contributed by atoms with Crippen molar-refractivity contribution in [3.05, 3.63) is 33.8 Å². The molecule has 0 bridgehead atoms. The molecular weight excluding hydrogens is 304 g/mol. The van der Waals surface area contributed by atoms with Gasteiger partial charge in [-0.05, 0) is 37.0 Å². The predicted octanol–water partition coefficient (Wildman–Crippen LogP) is 2.86. The van der Waals surface area contributed by atoms with Crippen molar-refractivity contribution in [2.75, 3.05) is 19.6 Å². The van der Waals surface area contributed by atoms with Crippen LogP contribution < -0.4 is 5.32 Å². The fourth-order valence-corrected chi connectivity index (χ4v) is 2.97. The van der Waals surface area contributed by atoms with E-state index in [4.69, 9.17) is 0 Å². The first-order valence-electron chi connectivity index (χ1n) is 6.90. The number of carbonyl (C=O) groups excluding carboxylic acids is 1. The Balaban J connectivity index is 1.70. The summed E-state index contributed by atoms with van der Waals surface area (Å²) in [6, 6.07) is 6.35. The molecule has 1 aromatic rings. The van der Waals surface area contributed by atoms with Crippen LogP contribution in [0.1, 0.15) is 30.4 Å². The summed E-state index contributed by atoms with van der Waals surface area (Å²) in [5.41, 5.74) is 2.49. The van der Waals surface area contributed by atoms with E-state index >= 15 is 0 Å². The van der Waals surface area contributed by atoms with Crippen molar-refractivity contribution in [3.63, 3.8) is 0 Å². The van der Waals surface area contributed by atoms with Crippen molar-refractivity contribution in [2.45, 2.75) is 32.7 Å². The fourth-order valence-electron chi connectivity index (χ4n) is 2.34. The van der Waals surface area contributed by atoms with Gasteiger partial charge in [-0.3, -0.25) is 4.79 Å². The van der Waals surface area contributed by atoms with Crippen molar-refractivity contribution in [2.24, 2.45) is 0 Å². The molecule has 1 aliphatic heterocycles. The molecule has 1 fully saturated rings. The van der Waals surface area contributed by atoms with E-state index < -0.39 is 0 Å². The zero-order chi connectivity index (χ0) is 13.7. The summed E-state index contributed by atoms with van der Waals surface area (Å²) in [6.45, 7) is 5.52. The molecule has 2 rings (SSSR count). The van der Waals surface area contributed by atoms with Crippen molar-refractivity contribution in [1.82, 2.24) is 10.2 Å². The summed E-state index contributed by atoms with van der Waals surface area (Å²) >= 11 is 3.57. The summed E-state index contributed by atoms with van der Waals surface area (Å²) < 4.78 is 1.13. The number of carbonyl (C=O) groups is 1. The molecule has 1 saturated heterocycles. The van der Waals surface area contributed by atoms with Crippen LogP contribution in [0.15, 0.2) is 22.7 Å². The molecule has 0 atom stereocenters. The smallest absolute Gasteiger partial charge is 0.223 e. The number of halogens is 1. The van der Waals surface area contributed by atoms with Gasteiger partial charge in [0, 0.05) is 37.1 Å². The van der Waals surface area contributed by atoms with Crippen LogP contribution in [0.2, 0.25) is 0 Å². The number of rotatable bonds is 5. The fraction of sp³-hybridized carbons (Fsp3) is 0.533. The van der Waals surface area contributed by atoms with E-state index in [1.165, 1.54) is 11.1 Å². The van der Waals surface area contributed by atoms with Gasteiger partial charge in [0.15, 0.2) is 0 Å². The highest BCUT2D eigenvalue weighted by atomic mass is 79.9. The molecule has 1 N–H and O–H groups in total. The zero-order valence-corrected chi connectivity index (χ0v) is 13.0. The largest absolute Gasteiger partial charge is 0.343 e. The first-order chi connectivity index (χ1) is 9.16. The zero-order valence-electron chi connectivity index (χ0n) is 11.4. The van der Waals surface area contributed by atoms with Crippen LogP contribution in [0.25, 0.3) is 0 Å². The van der Waals surface area contributed by atoms with E-state index in [0.717, 1.165) is 43.5 Å². The predicted molar refractivity (Wildman–Crippen MR) is 81.0 cm³/mol. The highest BCUT2D eigenvalue weighted by Crippen LogP contribution is 2.18. The van der Waals surface area contributed by atoms with E-state index in [1.807, 2.05) is 4.90 Å². The normalized spacial score (nSPS) is 14.9. The van der Waals surface area contributed by atoms with Gasteiger partial charge >= 0.3 is 0 Å². The second kappa shape index (κ2) is 7.06. The van der Waals surface area contributed by atoms with Crippen LogP contribution in [0.4, 0.5) is 0 Å². The highest BCUT2D eigenvalue weighted by Gasteiger charge is 2.16. The molecule has 1 aliphatic rings. The Morgan fingerprint density at radius 2 is 2.11 bits per heavy atom. The highest BCUT2D eigenvalue weighted by molar-refractivity contribution is 9.10. The van der Waals surface area contributed by atoms with Crippen molar-refractivity contribution in [3.8, 4) is 0 Å². The first kappa shape index (κ1) is 14.5. The minimum absolute atomic E-state index is 0.285. The second-order valence-electron chi connectivity index (χ2n) is 5.11. The quantitative estimate of drug-likeness (QED) is 0.845. The Morgan fingerprint density at radius 1 is 1.37 bits per heavy atom. The van der Waals surface area contributed by atoms with Gasteiger partial charge in [-0.25, -0.2) is 0 Å². The lowest BCUT2D eigenvalue weighted by Gasteiger charge is -2.15. The number of hydrogen-bond donors (Lipinski definition) is 1. The van der Waals surface area contributed by atoms with Crippen LogP contribution in [0.3, 0.4) is 0 Å². The molecule has 3 nitrogen and oxygen atoms in total. The Kier molecular flexibility index (Phi) is 5.40. The lowest BCUT2D eigenvalue weighted by Crippen LogP contribution is -2.30. The van der Waals surface area contributed by atoms with Crippen molar-refractivity contribution < 1.29 is 4.79 Å². The van der Waals surface area contributed by atoms with Gasteiger partial charge in [0.05, 0.1) is 0 Å². The molecule has 0 aliphatic carbocycles. The summed E-state index contributed by atoms with van der Waals surface area (Å²) in [5.74, 6) is 0.285. The SMILES string of the molecule is Cc1ccc(CNCCC(=O)N2CCCC2)c(Br)c1. The number of likely N-dealkylation sites (tertiary alicyclic amines) is 1. The van der Waals surface area contributed by atoms with Gasteiger partial charge < -0.3 is 10.2 Å². The van der Waals surface area contributed by atoms with Crippen LogP contribution in [0.5, 0.6) is 0 Å². The molecule has 0 radical (unpaired) electrons. The van der Waals surface area contributed by atoms with E-state index in [1.54, 1.807) is 0 Å². The van der Waals surface area contributed by atoms with Crippen molar-refractivity contribution in [1.29, 1.82) is 0 Å². The lowest BCUT2D eigenvalue weighted by molar-refractivity contribution is -0.130. The van der Waals surface area contributed by atoms with E-state index in [-0.39, 0.29) is 5.91 Å². The molecule has 1 aromatic carbocycles. The molecule has 4 heteroatoms. The van der Waals surface area contributed by atoms with Gasteiger partial charge in [-0.1, -0.05) is 28.1 Å². The molecule has 0 unspecified atom stereocenters. The third kappa shape index (κ3) is 4.32. The number of aryl methyl sites for hydroxylation is 1. The molecule has 19 heavy (non-hydrogen) atoms. The van der Waals surface area contributed by atoms with Gasteiger partial charge in [0.25, 0.3) is 0 Å². The number of nitrogens with one attached hydrogen (secondary N) is 1. The summed E-state index contributed by atoms with van der Waals surface area (Å²) in [4.78, 5) is 13.8. The molecular formula is C15H21BrN2O. The minimum Gasteiger partial charge on any atom is -0.343 e. The minimum atomic E-state index is 0.285. The van der Waals surface area contributed by atoms with Crippen molar-refractivity contribution >= 4 is 21.8 Å². The number of nitrogens with zero attached hydrogens (tertiary/aromatic N) is 1. The van der Waals surface area contributed by atoms with Gasteiger partial charge in [-0.2, -0.15) is 0 Å². The molecule has 0 aromatic heterocycles. The van der Waals surface area contributed by atoms with Crippen LogP contribution in [-0.4, -0.2) is 30.4 Å². The maximum absolute atomic E-state index is 11.8. The van der Waals surface area contributed by atoms with Gasteiger partial charge in [0.2, 0.25) is 5.91 Å². The maximum atomic E-state index is 11.8. The topological polar surface area (TPSA) is 32.3 Å². The number of benzene rings is 1. The van der Waals surface area contributed by atoms with Crippen LogP contribution in [-0.2, 0) is 11.3 Å². The monoisotopic (exact) mass is 324 g/mol. The van der Waals surface area contributed by atoms with Crippen LogP contribution >= 0.6 is 15.9 Å². The second-order valence-corrected chi connectivity index (χ2v) is 5.96. The summed E-state index contributed by atoms with van der Waals surface area (Å²) in [6.07, 6.45) is 2.93. The molecule has 104 valence electrons. The Hall–Kier alpha value is -0.870. The molecule has 0 saturated carbocycles. The van der Waals surface area contributed by atoms with E-state index in [2.05, 4.69) is 46.4 Å². The number of hydrogen-bond acceptors (Lipinski definition) is 2. The Morgan fingerprint density at radius 3 is 2.79 bits per heavy atom. The first-order valence-corrected chi connectivity index (χ1v) is 7.69. The standard InChI is InChI=1S/C15H21BrN2O/c1-12-4-5-13(14(16)10-12)11-17-7-6-15(19)18-8-2-3-9-18/h4-5,10,17H,2-3,6-9,11H2,1H3. The van der Waals surface area contributed by atoms with E-state index in [0.29, 0.717) is 6.42 Å².